The van der Waals surface area contributed by atoms with Gasteiger partial charge in [0.15, 0.2) is 6.10 Å². The molecule has 6 unspecified atom stereocenters. The van der Waals surface area contributed by atoms with E-state index in [0.29, 0.717) is 12.8 Å². The minimum atomic E-state index is -5.13. The van der Waals surface area contributed by atoms with Crippen LogP contribution in [0.1, 0.15) is 174 Å². The first-order chi connectivity index (χ1) is 29.9. The average Bonchev–Trinajstić information content (AvgIpc) is 3.25. The average molecular weight is 899 g/mol. The Kier molecular flexibility index (Phi) is 35.2. The van der Waals surface area contributed by atoms with Gasteiger partial charge in [0.25, 0.3) is 0 Å². The highest BCUT2D eigenvalue weighted by Gasteiger charge is 2.51. The summed E-state index contributed by atoms with van der Waals surface area (Å²) in [5.41, 5.74) is 0. The molecule has 1 aliphatic carbocycles. The highest BCUT2D eigenvalue weighted by molar-refractivity contribution is 7.47. The number of unbranched alkanes of at least 4 members (excludes halogenated alkanes) is 16. The highest BCUT2D eigenvalue weighted by atomic mass is 31.2. The van der Waals surface area contributed by atoms with E-state index in [0.717, 1.165) is 83.5 Å². The molecule has 0 bridgehead atoms. The first-order valence-electron chi connectivity index (χ1n) is 23.6. The van der Waals surface area contributed by atoms with Gasteiger partial charge in [0, 0.05) is 12.8 Å². The second kappa shape index (κ2) is 37.9. The summed E-state index contributed by atoms with van der Waals surface area (Å²) in [6.45, 7) is 3.22. The summed E-state index contributed by atoms with van der Waals surface area (Å²) < 4.78 is 33.5. The van der Waals surface area contributed by atoms with Gasteiger partial charge in [-0.15, -0.1) is 0 Å². The van der Waals surface area contributed by atoms with Crippen LogP contribution in [-0.2, 0) is 32.7 Å². The summed E-state index contributed by atoms with van der Waals surface area (Å²) in [5.74, 6) is -1.15. The van der Waals surface area contributed by atoms with Crippen molar-refractivity contribution in [1.29, 1.82) is 0 Å². The van der Waals surface area contributed by atoms with Gasteiger partial charge in [0.1, 0.15) is 43.2 Å². The van der Waals surface area contributed by atoms with Gasteiger partial charge in [-0.25, -0.2) is 4.57 Å². The van der Waals surface area contributed by atoms with E-state index in [-0.39, 0.29) is 12.8 Å². The van der Waals surface area contributed by atoms with E-state index in [1.54, 1.807) is 0 Å². The molecule has 0 amide bonds. The standard InChI is InChI=1S/C48H83O13P/c1-3-5-7-9-11-13-15-17-19-20-21-22-23-25-27-29-31-33-35-37-42(50)60-40(39-59-62(56,57)61-48-46(54)44(52)43(51)45(53)47(48)55)38-58-41(49)36-34-32-30-28-26-24-18-16-14-12-10-8-6-4-2/h11,13,16-19,21-22,25,27,40,43-48,51-55H,3-10,12,14-15,20,23-24,26,28-39H2,1-2H3,(H,56,57)/b13-11-,18-16-,19-17-,22-21-,27-25-/t40-,43?,44-,45?,46?,47?,48?/m1/s1. The second-order valence-corrected chi connectivity index (χ2v) is 17.7. The summed E-state index contributed by atoms with van der Waals surface area (Å²) in [7, 11) is -5.13. The van der Waals surface area contributed by atoms with Crippen LogP contribution < -0.4 is 0 Å². The fourth-order valence-corrected chi connectivity index (χ4v) is 7.71. The third-order valence-corrected chi connectivity index (χ3v) is 11.6. The van der Waals surface area contributed by atoms with Gasteiger partial charge >= 0.3 is 19.8 Å². The van der Waals surface area contributed by atoms with Crippen molar-refractivity contribution in [3.63, 3.8) is 0 Å². The van der Waals surface area contributed by atoms with Crippen LogP contribution in [0.5, 0.6) is 0 Å². The first kappa shape index (κ1) is 57.6. The van der Waals surface area contributed by atoms with Crippen molar-refractivity contribution < 1.29 is 63.1 Å². The van der Waals surface area contributed by atoms with E-state index < -0.39 is 75.7 Å². The number of phosphoric acid groups is 1. The Bertz CT molecular complexity index is 1320. The number of rotatable bonds is 38. The molecule has 0 spiro atoms. The van der Waals surface area contributed by atoms with E-state index in [9.17, 15) is 44.6 Å². The minimum Gasteiger partial charge on any atom is -0.462 e. The summed E-state index contributed by atoms with van der Waals surface area (Å²) in [6, 6.07) is 0. The van der Waals surface area contributed by atoms with Gasteiger partial charge in [0.2, 0.25) is 0 Å². The Morgan fingerprint density at radius 3 is 1.39 bits per heavy atom. The fourth-order valence-electron chi connectivity index (χ4n) is 6.73. The molecule has 62 heavy (non-hydrogen) atoms. The summed E-state index contributed by atoms with van der Waals surface area (Å²) >= 11 is 0. The first-order valence-corrected chi connectivity index (χ1v) is 25.1. The molecule has 14 heteroatoms. The number of aliphatic hydroxyl groups excluding tert-OH is 5. The molecule has 0 aromatic carbocycles. The number of carbonyl (C=O) groups is 2. The van der Waals surface area contributed by atoms with Crippen LogP contribution in [-0.4, -0.2) is 98.3 Å². The van der Waals surface area contributed by atoms with Crippen LogP contribution in [0.3, 0.4) is 0 Å². The summed E-state index contributed by atoms with van der Waals surface area (Å²) in [6.07, 6.45) is 32.7. The number of hydrogen-bond donors (Lipinski definition) is 6. The maximum Gasteiger partial charge on any atom is 0.472 e. The van der Waals surface area contributed by atoms with Crippen molar-refractivity contribution in [3.05, 3.63) is 60.8 Å². The minimum absolute atomic E-state index is 0.0553. The fraction of sp³-hybridized carbons (Fsp3) is 0.750. The normalized spacial score (nSPS) is 22.4. The van der Waals surface area contributed by atoms with Crippen LogP contribution in [0, 0.1) is 0 Å². The lowest BCUT2D eigenvalue weighted by molar-refractivity contribution is -0.220. The smallest absolute Gasteiger partial charge is 0.462 e. The van der Waals surface area contributed by atoms with E-state index in [1.165, 1.54) is 51.4 Å². The van der Waals surface area contributed by atoms with Crippen LogP contribution >= 0.6 is 7.82 Å². The molecule has 8 atom stereocenters. The zero-order valence-corrected chi connectivity index (χ0v) is 38.8. The SMILES string of the molecule is CCCCC/C=C\C/C=C\C/C=C\C/C=C\CCCCCC(=O)O[C@H](COC(=O)CCCCCCC/C=C\CCCCCCC)COP(=O)(O)OC1C(O)C(O)C(O)[C@@H](O)C1O. The molecule has 13 nitrogen and oxygen atoms in total. The Balaban J connectivity index is 2.49. The van der Waals surface area contributed by atoms with Gasteiger partial charge in [-0.1, -0.05) is 139 Å². The highest BCUT2D eigenvalue weighted by Crippen LogP contribution is 2.47. The molecule has 0 saturated heterocycles. The Morgan fingerprint density at radius 2 is 0.871 bits per heavy atom. The number of ether oxygens (including phenoxy) is 2. The van der Waals surface area contributed by atoms with Crippen LogP contribution in [0.25, 0.3) is 0 Å². The maximum absolute atomic E-state index is 12.8. The topological polar surface area (TPSA) is 210 Å². The van der Waals surface area contributed by atoms with Crippen molar-refractivity contribution in [2.75, 3.05) is 13.2 Å². The lowest BCUT2D eigenvalue weighted by atomic mass is 9.85. The molecule has 1 aliphatic rings. The monoisotopic (exact) mass is 899 g/mol. The number of hydrogen-bond acceptors (Lipinski definition) is 12. The van der Waals surface area contributed by atoms with Crippen molar-refractivity contribution in [1.82, 2.24) is 0 Å². The zero-order chi connectivity index (χ0) is 45.7. The maximum atomic E-state index is 12.8. The molecule has 0 radical (unpaired) electrons. The van der Waals surface area contributed by atoms with Gasteiger partial charge in [0.05, 0.1) is 6.61 Å². The van der Waals surface area contributed by atoms with E-state index >= 15 is 0 Å². The van der Waals surface area contributed by atoms with Crippen molar-refractivity contribution in [3.8, 4) is 0 Å². The lowest BCUT2D eigenvalue weighted by Gasteiger charge is -2.41. The largest absolute Gasteiger partial charge is 0.472 e. The van der Waals surface area contributed by atoms with Crippen LogP contribution in [0.15, 0.2) is 60.8 Å². The van der Waals surface area contributed by atoms with Crippen molar-refractivity contribution >= 4 is 19.8 Å². The van der Waals surface area contributed by atoms with Crippen molar-refractivity contribution in [2.24, 2.45) is 0 Å². The predicted molar refractivity (Wildman–Crippen MR) is 244 cm³/mol. The molecule has 0 aliphatic heterocycles. The van der Waals surface area contributed by atoms with E-state index in [4.69, 9.17) is 18.5 Å². The second-order valence-electron chi connectivity index (χ2n) is 16.3. The molecular formula is C48H83O13P. The number of allylic oxidation sites excluding steroid dienone is 10. The Labute approximate surface area is 373 Å². The van der Waals surface area contributed by atoms with E-state index in [2.05, 4.69) is 74.6 Å². The zero-order valence-electron chi connectivity index (χ0n) is 37.9. The van der Waals surface area contributed by atoms with Crippen LogP contribution in [0.2, 0.25) is 0 Å². The molecule has 0 aromatic rings. The van der Waals surface area contributed by atoms with Gasteiger partial charge in [-0.3, -0.25) is 18.6 Å². The molecule has 358 valence electrons. The van der Waals surface area contributed by atoms with E-state index in [1.807, 2.05) is 0 Å². The quantitative estimate of drug-likeness (QED) is 0.0148. The van der Waals surface area contributed by atoms with Gasteiger partial charge < -0.3 is 39.9 Å². The third-order valence-electron chi connectivity index (χ3n) is 10.6. The summed E-state index contributed by atoms with van der Waals surface area (Å²) in [5, 5.41) is 50.2. The molecule has 1 saturated carbocycles. The Hall–Kier alpha value is -2.45. The number of esters is 2. The molecule has 0 aromatic heterocycles. The molecule has 1 rings (SSSR count). The van der Waals surface area contributed by atoms with Gasteiger partial charge in [-0.2, -0.15) is 0 Å². The number of aliphatic hydroxyl groups is 5. The summed E-state index contributed by atoms with van der Waals surface area (Å²) in [4.78, 5) is 35.7. The Morgan fingerprint density at radius 1 is 0.500 bits per heavy atom. The number of carbonyl (C=O) groups excluding carboxylic acids is 2. The molecular weight excluding hydrogens is 815 g/mol. The number of phosphoric ester groups is 1. The van der Waals surface area contributed by atoms with Crippen LogP contribution in [0.4, 0.5) is 0 Å². The lowest BCUT2D eigenvalue weighted by Crippen LogP contribution is -2.64. The molecule has 0 heterocycles. The van der Waals surface area contributed by atoms with Crippen molar-refractivity contribution in [2.45, 2.75) is 217 Å². The molecule has 1 fully saturated rings. The molecule has 6 N–H and O–H groups in total. The third kappa shape index (κ3) is 29.8. The predicted octanol–water partition coefficient (Wildman–Crippen LogP) is 9.33. The van der Waals surface area contributed by atoms with Gasteiger partial charge in [-0.05, 0) is 83.5 Å².